The summed E-state index contributed by atoms with van der Waals surface area (Å²) in [6.07, 6.45) is 0. The topological polar surface area (TPSA) is 75.4 Å². The van der Waals surface area contributed by atoms with Gasteiger partial charge in [-0.1, -0.05) is 28.1 Å². The molecule has 0 fully saturated rings. The van der Waals surface area contributed by atoms with Gasteiger partial charge in [-0.25, -0.2) is 4.98 Å². The number of phenols is 1. The Bertz CT molecular complexity index is 1210. The minimum absolute atomic E-state index is 0.0291. The summed E-state index contributed by atoms with van der Waals surface area (Å²) < 4.78 is 6.71. The zero-order valence-electron chi connectivity index (χ0n) is 15.3. The van der Waals surface area contributed by atoms with Gasteiger partial charge in [0.2, 0.25) is 5.89 Å². The first-order valence-corrected chi connectivity index (χ1v) is 9.48. The number of aromatic hydroxyl groups is 1. The second-order valence-electron chi connectivity index (χ2n) is 6.65. The number of oxazole rings is 1. The Balaban J connectivity index is 1.70. The van der Waals surface area contributed by atoms with Crippen LogP contribution in [0.3, 0.4) is 0 Å². The molecule has 1 heterocycles. The molecular formula is C22H17BrN2O3. The molecule has 140 valence electrons. The quantitative estimate of drug-likeness (QED) is 0.396. The van der Waals surface area contributed by atoms with Gasteiger partial charge < -0.3 is 14.8 Å². The van der Waals surface area contributed by atoms with E-state index in [4.69, 9.17) is 4.42 Å². The van der Waals surface area contributed by atoms with Gasteiger partial charge in [-0.05, 0) is 67.4 Å². The molecule has 4 aromatic rings. The molecule has 6 heteroatoms. The number of carbonyl (C=O) groups excluding carboxylic acids is 1. The number of phenolic OH excluding ortho intramolecular Hbond substituents is 1. The number of amides is 1. The monoisotopic (exact) mass is 436 g/mol. The standard InChI is InChI=1S/C22H17BrN2O3/c1-12-8-13(2)20-18(9-12)25-22(28-20)17-11-16(6-7-19(17)26)24-21(27)14-4-3-5-15(23)10-14/h3-11,26H,1-2H3,(H,24,27). The van der Waals surface area contributed by atoms with Crippen molar-refractivity contribution in [1.82, 2.24) is 4.98 Å². The van der Waals surface area contributed by atoms with Gasteiger partial charge in [-0.15, -0.1) is 0 Å². The number of nitrogens with one attached hydrogen (secondary N) is 1. The van der Waals surface area contributed by atoms with Crippen LogP contribution in [-0.4, -0.2) is 16.0 Å². The van der Waals surface area contributed by atoms with E-state index in [0.29, 0.717) is 28.3 Å². The summed E-state index contributed by atoms with van der Waals surface area (Å²) in [4.78, 5) is 17.0. The fourth-order valence-corrected chi connectivity index (χ4v) is 3.51. The van der Waals surface area contributed by atoms with E-state index in [-0.39, 0.29) is 11.7 Å². The second-order valence-corrected chi connectivity index (χ2v) is 7.56. The number of hydrogen-bond donors (Lipinski definition) is 2. The number of benzene rings is 3. The summed E-state index contributed by atoms with van der Waals surface area (Å²) in [5.74, 6) is 0.0862. The summed E-state index contributed by atoms with van der Waals surface area (Å²) in [7, 11) is 0. The van der Waals surface area contributed by atoms with Crippen LogP contribution < -0.4 is 5.32 Å². The molecule has 2 N–H and O–H groups in total. The number of aryl methyl sites for hydroxylation is 2. The van der Waals surface area contributed by atoms with Gasteiger partial charge in [0.15, 0.2) is 5.58 Å². The normalized spacial score (nSPS) is 11.0. The number of fused-ring (bicyclic) bond motifs is 1. The molecule has 1 aromatic heterocycles. The summed E-state index contributed by atoms with van der Waals surface area (Å²) in [6.45, 7) is 3.95. The van der Waals surface area contributed by atoms with Gasteiger partial charge in [0, 0.05) is 15.7 Å². The number of carbonyl (C=O) groups is 1. The minimum Gasteiger partial charge on any atom is -0.507 e. The number of nitrogens with zero attached hydrogens (tertiary/aromatic N) is 1. The highest BCUT2D eigenvalue weighted by atomic mass is 79.9. The first-order chi connectivity index (χ1) is 13.4. The molecule has 0 saturated carbocycles. The SMILES string of the molecule is Cc1cc(C)c2oc(-c3cc(NC(=O)c4cccc(Br)c4)ccc3O)nc2c1. The van der Waals surface area contributed by atoms with Crippen molar-refractivity contribution in [3.8, 4) is 17.2 Å². The van der Waals surface area contributed by atoms with Gasteiger partial charge in [0.1, 0.15) is 11.3 Å². The summed E-state index contributed by atoms with van der Waals surface area (Å²) in [5, 5.41) is 13.1. The van der Waals surface area contributed by atoms with Crippen molar-refractivity contribution < 1.29 is 14.3 Å². The molecular weight excluding hydrogens is 420 g/mol. The Morgan fingerprint density at radius 1 is 1.11 bits per heavy atom. The largest absolute Gasteiger partial charge is 0.507 e. The Morgan fingerprint density at radius 3 is 2.71 bits per heavy atom. The minimum atomic E-state index is -0.248. The highest BCUT2D eigenvalue weighted by Crippen LogP contribution is 2.34. The number of hydrogen-bond acceptors (Lipinski definition) is 4. The van der Waals surface area contributed by atoms with E-state index >= 15 is 0 Å². The van der Waals surface area contributed by atoms with Crippen molar-refractivity contribution in [3.63, 3.8) is 0 Å². The summed E-state index contributed by atoms with van der Waals surface area (Å²) in [5.41, 5.74) is 4.96. The first-order valence-electron chi connectivity index (χ1n) is 8.69. The summed E-state index contributed by atoms with van der Waals surface area (Å²) >= 11 is 3.36. The van der Waals surface area contributed by atoms with Crippen LogP contribution in [0.1, 0.15) is 21.5 Å². The molecule has 0 saturated heterocycles. The van der Waals surface area contributed by atoms with Crippen LogP contribution in [0.25, 0.3) is 22.6 Å². The average Bonchev–Trinajstić information content (AvgIpc) is 3.07. The lowest BCUT2D eigenvalue weighted by Gasteiger charge is -2.08. The molecule has 5 nitrogen and oxygen atoms in total. The van der Waals surface area contributed by atoms with Crippen LogP contribution in [0.4, 0.5) is 5.69 Å². The van der Waals surface area contributed by atoms with Gasteiger partial charge in [-0.2, -0.15) is 0 Å². The number of halogens is 1. The van der Waals surface area contributed by atoms with Crippen LogP contribution in [-0.2, 0) is 0 Å². The molecule has 0 aliphatic carbocycles. The van der Waals surface area contributed by atoms with Crippen molar-refractivity contribution in [2.24, 2.45) is 0 Å². The van der Waals surface area contributed by atoms with Crippen LogP contribution in [0.2, 0.25) is 0 Å². The van der Waals surface area contributed by atoms with Gasteiger partial charge >= 0.3 is 0 Å². The fraction of sp³-hybridized carbons (Fsp3) is 0.0909. The zero-order valence-corrected chi connectivity index (χ0v) is 16.9. The molecule has 3 aromatic carbocycles. The predicted octanol–water partition coefficient (Wildman–Crippen LogP) is 5.83. The van der Waals surface area contributed by atoms with Gasteiger partial charge in [-0.3, -0.25) is 4.79 Å². The first kappa shape index (κ1) is 18.3. The van der Waals surface area contributed by atoms with Crippen molar-refractivity contribution in [1.29, 1.82) is 0 Å². The fourth-order valence-electron chi connectivity index (χ4n) is 3.11. The second kappa shape index (κ2) is 7.13. The molecule has 0 aliphatic heterocycles. The Labute approximate surface area is 170 Å². The van der Waals surface area contributed by atoms with E-state index in [1.54, 1.807) is 30.3 Å². The van der Waals surface area contributed by atoms with Gasteiger partial charge in [0.25, 0.3) is 5.91 Å². The Hall–Kier alpha value is -3.12. The van der Waals surface area contributed by atoms with E-state index < -0.39 is 0 Å². The van der Waals surface area contributed by atoms with Crippen LogP contribution in [0.5, 0.6) is 5.75 Å². The molecule has 28 heavy (non-hydrogen) atoms. The number of anilines is 1. The van der Waals surface area contributed by atoms with E-state index in [9.17, 15) is 9.90 Å². The van der Waals surface area contributed by atoms with E-state index in [1.165, 1.54) is 6.07 Å². The average molecular weight is 437 g/mol. The van der Waals surface area contributed by atoms with Crippen LogP contribution >= 0.6 is 15.9 Å². The van der Waals surface area contributed by atoms with Gasteiger partial charge in [0.05, 0.1) is 5.56 Å². The number of aromatic nitrogens is 1. The maximum absolute atomic E-state index is 12.5. The molecule has 0 atom stereocenters. The smallest absolute Gasteiger partial charge is 0.255 e. The molecule has 1 amide bonds. The highest BCUT2D eigenvalue weighted by Gasteiger charge is 2.16. The molecule has 0 unspecified atom stereocenters. The lowest BCUT2D eigenvalue weighted by Crippen LogP contribution is -2.11. The van der Waals surface area contributed by atoms with E-state index in [0.717, 1.165) is 21.1 Å². The maximum Gasteiger partial charge on any atom is 0.255 e. The predicted molar refractivity (Wildman–Crippen MR) is 113 cm³/mol. The third kappa shape index (κ3) is 3.51. The van der Waals surface area contributed by atoms with Crippen molar-refractivity contribution in [2.45, 2.75) is 13.8 Å². The van der Waals surface area contributed by atoms with E-state index in [2.05, 4.69) is 26.2 Å². The third-order valence-corrected chi connectivity index (χ3v) is 4.88. The van der Waals surface area contributed by atoms with Crippen molar-refractivity contribution in [3.05, 3.63) is 75.8 Å². The van der Waals surface area contributed by atoms with Crippen LogP contribution in [0, 0.1) is 13.8 Å². The molecule has 0 radical (unpaired) electrons. The molecule has 0 aliphatic rings. The third-order valence-electron chi connectivity index (χ3n) is 4.39. The maximum atomic E-state index is 12.5. The molecule has 4 rings (SSSR count). The molecule has 0 spiro atoms. The van der Waals surface area contributed by atoms with Crippen molar-refractivity contribution in [2.75, 3.05) is 5.32 Å². The lowest BCUT2D eigenvalue weighted by molar-refractivity contribution is 0.102. The summed E-state index contributed by atoms with van der Waals surface area (Å²) in [6, 6.07) is 15.9. The lowest BCUT2D eigenvalue weighted by atomic mass is 10.1. The molecule has 0 bridgehead atoms. The highest BCUT2D eigenvalue weighted by molar-refractivity contribution is 9.10. The van der Waals surface area contributed by atoms with E-state index in [1.807, 2.05) is 32.0 Å². The van der Waals surface area contributed by atoms with Crippen molar-refractivity contribution >= 4 is 38.6 Å². The number of rotatable bonds is 3. The zero-order chi connectivity index (χ0) is 19.8. The Kier molecular flexibility index (Phi) is 4.65. The van der Waals surface area contributed by atoms with Crippen LogP contribution in [0.15, 0.2) is 63.5 Å². The Morgan fingerprint density at radius 2 is 1.93 bits per heavy atom.